The van der Waals surface area contributed by atoms with Crippen LogP contribution in [0.1, 0.15) is 43.8 Å². The fourth-order valence-corrected chi connectivity index (χ4v) is 4.37. The highest BCUT2D eigenvalue weighted by Gasteiger charge is 2.20. The van der Waals surface area contributed by atoms with Crippen LogP contribution in [0.4, 0.5) is 0 Å². The van der Waals surface area contributed by atoms with Crippen molar-refractivity contribution in [2.75, 3.05) is 0 Å². The molecule has 2 aromatic rings. The molecule has 2 aromatic heterocycles. The van der Waals surface area contributed by atoms with Gasteiger partial charge in [-0.25, -0.2) is 4.98 Å². The molecule has 3 nitrogen and oxygen atoms in total. The second-order valence-electron chi connectivity index (χ2n) is 4.61. The number of aromatic amines is 1. The van der Waals surface area contributed by atoms with Crippen LogP contribution in [0.5, 0.6) is 0 Å². The fraction of sp³-hybridized carbons (Fsp3) is 0.500. The number of aromatic nitrogens is 3. The molecule has 6 heteroatoms. The number of H-pyrrole nitrogens is 1. The predicted octanol–water partition coefficient (Wildman–Crippen LogP) is 5.11. The summed E-state index contributed by atoms with van der Waals surface area (Å²) in [5.74, 6) is 2.45. The summed E-state index contributed by atoms with van der Waals surface area (Å²) < 4.78 is 2.15. The molecule has 0 spiro atoms. The smallest absolute Gasteiger partial charge is 0.191 e. The summed E-state index contributed by atoms with van der Waals surface area (Å²) in [6, 6.07) is 2.06. The Bertz CT molecular complexity index is 524. The van der Waals surface area contributed by atoms with Crippen LogP contribution >= 0.6 is 43.2 Å². The maximum atomic E-state index is 4.66. The number of thiophene rings is 1. The van der Waals surface area contributed by atoms with Gasteiger partial charge < -0.3 is 0 Å². The lowest BCUT2D eigenvalue weighted by Gasteiger charge is -2.18. The van der Waals surface area contributed by atoms with Crippen LogP contribution in [0, 0.1) is 0 Å². The van der Waals surface area contributed by atoms with E-state index < -0.39 is 0 Å². The van der Waals surface area contributed by atoms with Gasteiger partial charge in [0.25, 0.3) is 0 Å². The number of halogens is 2. The first kappa shape index (κ1) is 12.8. The molecule has 0 amide bonds. The highest BCUT2D eigenvalue weighted by atomic mass is 79.9. The van der Waals surface area contributed by atoms with E-state index in [-0.39, 0.29) is 0 Å². The lowest BCUT2D eigenvalue weighted by atomic mass is 9.89. The van der Waals surface area contributed by atoms with Crippen LogP contribution < -0.4 is 0 Å². The van der Waals surface area contributed by atoms with Crippen molar-refractivity contribution in [3.8, 4) is 10.7 Å². The fourth-order valence-electron chi connectivity index (χ4n) is 2.40. The number of hydrogen-bond acceptors (Lipinski definition) is 3. The number of rotatable bonds is 2. The van der Waals surface area contributed by atoms with Crippen molar-refractivity contribution in [1.29, 1.82) is 0 Å². The molecule has 0 aromatic carbocycles. The molecule has 0 aliphatic heterocycles. The molecule has 0 unspecified atom stereocenters. The topological polar surface area (TPSA) is 41.6 Å². The quantitative estimate of drug-likeness (QED) is 0.774. The number of nitrogens with one attached hydrogen (secondary N) is 1. The third kappa shape index (κ3) is 2.56. The first-order chi connectivity index (χ1) is 8.74. The van der Waals surface area contributed by atoms with Gasteiger partial charge >= 0.3 is 0 Å². The number of nitrogens with zero attached hydrogens (tertiary/aromatic N) is 2. The molecule has 1 aliphatic carbocycles. The van der Waals surface area contributed by atoms with E-state index in [9.17, 15) is 0 Å². The zero-order chi connectivity index (χ0) is 12.5. The van der Waals surface area contributed by atoms with Gasteiger partial charge in [-0.15, -0.1) is 11.3 Å². The van der Waals surface area contributed by atoms with Gasteiger partial charge in [0, 0.05) is 10.4 Å². The molecule has 1 fully saturated rings. The summed E-state index contributed by atoms with van der Waals surface area (Å²) >= 11 is 8.65. The Labute approximate surface area is 127 Å². The molecule has 96 valence electrons. The first-order valence-corrected chi connectivity index (χ1v) is 8.52. The van der Waals surface area contributed by atoms with Crippen molar-refractivity contribution in [2.45, 2.75) is 38.0 Å². The molecular weight excluding hydrogens is 378 g/mol. The minimum Gasteiger partial charge on any atom is -0.262 e. The average molecular weight is 391 g/mol. The Hall–Kier alpha value is -0.200. The van der Waals surface area contributed by atoms with E-state index in [0.717, 1.165) is 24.8 Å². The molecule has 0 saturated heterocycles. The van der Waals surface area contributed by atoms with E-state index in [2.05, 4.69) is 53.1 Å². The zero-order valence-electron chi connectivity index (χ0n) is 9.75. The SMILES string of the molecule is Brc1cc(-c2n[nH]c(C3CCCCC3)n2)sc1Br. The molecule has 18 heavy (non-hydrogen) atoms. The van der Waals surface area contributed by atoms with Gasteiger partial charge in [0.2, 0.25) is 0 Å². The van der Waals surface area contributed by atoms with Gasteiger partial charge in [-0.05, 0) is 50.8 Å². The summed E-state index contributed by atoms with van der Waals surface area (Å²) in [7, 11) is 0. The van der Waals surface area contributed by atoms with Crippen molar-refractivity contribution in [3.05, 3.63) is 20.1 Å². The predicted molar refractivity (Wildman–Crippen MR) is 80.9 cm³/mol. The molecule has 1 N–H and O–H groups in total. The van der Waals surface area contributed by atoms with Crippen LogP contribution in [-0.2, 0) is 0 Å². The van der Waals surface area contributed by atoms with Gasteiger partial charge in [-0.3, -0.25) is 5.10 Å². The second-order valence-corrected chi connectivity index (χ2v) is 7.84. The molecular formula is C12H13Br2N3S. The van der Waals surface area contributed by atoms with Gasteiger partial charge in [-0.2, -0.15) is 5.10 Å². The number of hydrogen-bond donors (Lipinski definition) is 1. The van der Waals surface area contributed by atoms with Gasteiger partial charge in [0.15, 0.2) is 5.82 Å². The summed E-state index contributed by atoms with van der Waals surface area (Å²) in [6.07, 6.45) is 6.48. The van der Waals surface area contributed by atoms with E-state index in [1.54, 1.807) is 11.3 Å². The van der Waals surface area contributed by atoms with E-state index in [1.807, 2.05) is 0 Å². The highest BCUT2D eigenvalue weighted by Crippen LogP contribution is 2.38. The Morgan fingerprint density at radius 1 is 1.22 bits per heavy atom. The van der Waals surface area contributed by atoms with E-state index in [1.165, 1.54) is 32.1 Å². The van der Waals surface area contributed by atoms with Crippen molar-refractivity contribution in [3.63, 3.8) is 0 Å². The zero-order valence-corrected chi connectivity index (χ0v) is 13.7. The molecule has 2 heterocycles. The first-order valence-electron chi connectivity index (χ1n) is 6.11. The van der Waals surface area contributed by atoms with Gasteiger partial charge in [-0.1, -0.05) is 19.3 Å². The largest absolute Gasteiger partial charge is 0.262 e. The Morgan fingerprint density at radius 3 is 2.67 bits per heavy atom. The summed E-state index contributed by atoms with van der Waals surface area (Å²) in [5, 5.41) is 7.47. The van der Waals surface area contributed by atoms with Crippen molar-refractivity contribution in [2.24, 2.45) is 0 Å². The van der Waals surface area contributed by atoms with Crippen LogP contribution in [0.2, 0.25) is 0 Å². The van der Waals surface area contributed by atoms with Crippen LogP contribution in [0.15, 0.2) is 14.3 Å². The van der Waals surface area contributed by atoms with Crippen molar-refractivity contribution >= 4 is 43.2 Å². The third-order valence-corrected chi connectivity index (χ3v) is 6.61. The maximum absolute atomic E-state index is 4.66. The van der Waals surface area contributed by atoms with Crippen LogP contribution in [0.3, 0.4) is 0 Å². The van der Waals surface area contributed by atoms with E-state index in [0.29, 0.717) is 5.92 Å². The van der Waals surface area contributed by atoms with Crippen LogP contribution in [0.25, 0.3) is 10.7 Å². The van der Waals surface area contributed by atoms with Crippen molar-refractivity contribution < 1.29 is 0 Å². The maximum Gasteiger partial charge on any atom is 0.191 e. The molecule has 0 radical (unpaired) electrons. The Kier molecular flexibility index (Phi) is 3.86. The Morgan fingerprint density at radius 2 is 2.00 bits per heavy atom. The standard InChI is InChI=1S/C12H13Br2N3S/c13-8-6-9(18-10(8)14)12-15-11(16-17-12)7-4-2-1-3-5-7/h6-7H,1-5H2,(H,15,16,17). The lowest BCUT2D eigenvalue weighted by Crippen LogP contribution is -2.06. The average Bonchev–Trinajstić information content (AvgIpc) is 2.99. The molecule has 1 saturated carbocycles. The molecule has 3 rings (SSSR count). The van der Waals surface area contributed by atoms with E-state index in [4.69, 9.17) is 0 Å². The van der Waals surface area contributed by atoms with Gasteiger partial charge in [0.1, 0.15) is 5.82 Å². The molecule has 1 aliphatic rings. The summed E-state index contributed by atoms with van der Waals surface area (Å²) in [5.41, 5.74) is 0. The second kappa shape index (κ2) is 5.43. The van der Waals surface area contributed by atoms with Gasteiger partial charge in [0.05, 0.1) is 8.66 Å². The van der Waals surface area contributed by atoms with Crippen LogP contribution in [-0.4, -0.2) is 15.2 Å². The van der Waals surface area contributed by atoms with E-state index >= 15 is 0 Å². The minimum absolute atomic E-state index is 0.576. The lowest BCUT2D eigenvalue weighted by molar-refractivity contribution is 0.429. The monoisotopic (exact) mass is 389 g/mol. The normalized spacial score (nSPS) is 17.2. The van der Waals surface area contributed by atoms with Crippen molar-refractivity contribution in [1.82, 2.24) is 15.2 Å². The third-order valence-electron chi connectivity index (χ3n) is 3.36. The molecule has 0 atom stereocenters. The molecule has 0 bridgehead atoms. The Balaban J connectivity index is 1.84. The minimum atomic E-state index is 0.576. The highest BCUT2D eigenvalue weighted by molar-refractivity contribution is 9.13. The summed E-state index contributed by atoms with van der Waals surface area (Å²) in [6.45, 7) is 0. The summed E-state index contributed by atoms with van der Waals surface area (Å²) in [4.78, 5) is 5.75.